The summed E-state index contributed by atoms with van der Waals surface area (Å²) in [5.74, 6) is -0.871. The number of hydrogen-bond acceptors (Lipinski definition) is 7. The molecule has 0 aliphatic carbocycles. The fourth-order valence-corrected chi connectivity index (χ4v) is 1.13. The summed E-state index contributed by atoms with van der Waals surface area (Å²) in [5.41, 5.74) is 2.07. The van der Waals surface area contributed by atoms with Crippen molar-refractivity contribution in [2.45, 2.75) is 44.6 Å². The molecule has 106 valence electrons. The van der Waals surface area contributed by atoms with Gasteiger partial charge in [-0.05, 0) is 5.92 Å². The van der Waals surface area contributed by atoms with Crippen molar-refractivity contribution >= 4 is 12.3 Å². The summed E-state index contributed by atoms with van der Waals surface area (Å²) in [6.45, 7) is 3.04. The molecule has 0 unspecified atom stereocenters. The zero-order valence-electron chi connectivity index (χ0n) is 11.4. The Labute approximate surface area is 107 Å². The highest BCUT2D eigenvalue weighted by Crippen LogP contribution is 2.07. The lowest BCUT2D eigenvalue weighted by Crippen LogP contribution is -2.44. The minimum absolute atomic E-state index is 0.0724. The number of aldehydes is 1. The van der Waals surface area contributed by atoms with Crippen LogP contribution in [-0.2, 0) is 14.3 Å². The van der Waals surface area contributed by atoms with Crippen LogP contribution in [0.5, 0.6) is 0 Å². The summed E-state index contributed by atoms with van der Waals surface area (Å²) in [6.07, 6.45) is -4.32. The van der Waals surface area contributed by atoms with Gasteiger partial charge in [-0.2, -0.15) is 0 Å². The highest BCUT2D eigenvalue weighted by Gasteiger charge is 2.27. The SMILES string of the molecule is [2H]N[C@H](C(=O)OC[C@@H](O)[C@@H](O)[C@@H](O)C=O)[C@@H](C)CC. The number of aliphatic hydroxyl groups excluding tert-OH is 3. The zero-order valence-corrected chi connectivity index (χ0v) is 10.4. The van der Waals surface area contributed by atoms with Gasteiger partial charge in [0.2, 0.25) is 0 Å². The molecule has 0 rings (SSSR count). The second-order valence-electron chi connectivity index (χ2n) is 4.18. The quantitative estimate of drug-likeness (QED) is 0.285. The van der Waals surface area contributed by atoms with Gasteiger partial charge in [0.05, 0.1) is 0 Å². The van der Waals surface area contributed by atoms with Gasteiger partial charge in [-0.25, -0.2) is 0 Å². The first-order valence-corrected chi connectivity index (χ1v) is 5.72. The molecule has 0 bridgehead atoms. The van der Waals surface area contributed by atoms with E-state index in [4.69, 9.17) is 11.3 Å². The largest absolute Gasteiger partial charge is 0.462 e. The number of ether oxygens (including phenoxy) is 1. The van der Waals surface area contributed by atoms with Gasteiger partial charge < -0.3 is 30.6 Å². The molecule has 0 aliphatic heterocycles. The van der Waals surface area contributed by atoms with E-state index in [1.807, 2.05) is 6.92 Å². The fraction of sp³-hybridized carbons (Fsp3) is 0.818. The summed E-state index contributed by atoms with van der Waals surface area (Å²) in [5, 5.41) is 27.7. The number of carbonyl (C=O) groups is 2. The van der Waals surface area contributed by atoms with Crippen molar-refractivity contribution < 1.29 is 31.1 Å². The molecule has 0 aromatic heterocycles. The monoisotopic (exact) mass is 264 g/mol. The second-order valence-corrected chi connectivity index (χ2v) is 4.18. The molecule has 0 radical (unpaired) electrons. The maximum absolute atomic E-state index is 11.6. The molecule has 0 heterocycles. The molecular formula is C11H21NO6. The molecule has 0 amide bonds. The first-order valence-electron chi connectivity index (χ1n) is 6.22. The van der Waals surface area contributed by atoms with Gasteiger partial charge in [0.15, 0.2) is 6.29 Å². The Morgan fingerprint density at radius 3 is 2.56 bits per heavy atom. The highest BCUT2D eigenvalue weighted by atomic mass is 16.5. The lowest BCUT2D eigenvalue weighted by atomic mass is 10.0. The van der Waals surface area contributed by atoms with E-state index in [1.165, 1.54) is 0 Å². The minimum Gasteiger partial charge on any atom is -0.462 e. The number of esters is 1. The molecule has 7 nitrogen and oxygen atoms in total. The van der Waals surface area contributed by atoms with Gasteiger partial charge in [-0.1, -0.05) is 20.3 Å². The topological polar surface area (TPSA) is 130 Å². The molecule has 5 atom stereocenters. The normalized spacial score (nSPS) is 20.2. The predicted molar refractivity (Wildman–Crippen MR) is 62.5 cm³/mol. The summed E-state index contributed by atoms with van der Waals surface area (Å²) in [6, 6.07) is -0.842. The summed E-state index contributed by atoms with van der Waals surface area (Å²) in [4.78, 5) is 21.8. The first kappa shape index (κ1) is 15.0. The third kappa shape index (κ3) is 5.09. The van der Waals surface area contributed by atoms with Gasteiger partial charge in [0.1, 0.15) is 32.4 Å². The van der Waals surface area contributed by atoms with E-state index in [9.17, 15) is 19.8 Å². The number of nitrogens with two attached hydrogens (primary N) is 1. The number of rotatable bonds is 9. The fourth-order valence-electron chi connectivity index (χ4n) is 1.13. The molecular weight excluding hydrogens is 242 g/mol. The lowest BCUT2D eigenvalue weighted by molar-refractivity contribution is -0.154. The molecule has 0 saturated carbocycles. The standard InChI is InChI=1S/C11H21NO6/c1-3-6(2)9(12)11(17)18-5-8(15)10(16)7(14)4-13/h4,6-10,14-16H,3,5,12H2,1-2H3/t6-,7-,8+,9-,10-/m0/s1/i/hD. The number of hydrogen-bond donors (Lipinski definition) is 4. The summed E-state index contributed by atoms with van der Waals surface area (Å²) >= 11 is 0. The average molecular weight is 264 g/mol. The van der Waals surface area contributed by atoms with Crippen LogP contribution in [0, 0.1) is 5.92 Å². The zero-order chi connectivity index (χ0) is 15.0. The number of carbonyl (C=O) groups excluding carboxylic acids is 2. The van der Waals surface area contributed by atoms with Gasteiger partial charge in [-0.15, -0.1) is 0 Å². The minimum atomic E-state index is -1.74. The highest BCUT2D eigenvalue weighted by molar-refractivity contribution is 5.75. The van der Waals surface area contributed by atoms with Crippen molar-refractivity contribution in [3.8, 4) is 0 Å². The van der Waals surface area contributed by atoms with Crippen LogP contribution in [0.2, 0.25) is 1.41 Å². The molecule has 0 aromatic carbocycles. The Bertz CT molecular complexity index is 290. The van der Waals surface area contributed by atoms with E-state index in [0.29, 0.717) is 6.42 Å². The lowest BCUT2D eigenvalue weighted by Gasteiger charge is -2.21. The predicted octanol–water partition coefficient (Wildman–Crippen LogP) is -1.82. The molecule has 0 saturated heterocycles. The van der Waals surface area contributed by atoms with Crippen molar-refractivity contribution in [2.75, 3.05) is 6.61 Å². The smallest absolute Gasteiger partial charge is 0.323 e. The van der Waals surface area contributed by atoms with Crippen LogP contribution < -0.4 is 5.73 Å². The van der Waals surface area contributed by atoms with Crippen molar-refractivity contribution in [1.29, 1.82) is 0 Å². The van der Waals surface area contributed by atoms with E-state index >= 15 is 0 Å². The Hall–Kier alpha value is -1.02. The van der Waals surface area contributed by atoms with Gasteiger partial charge in [-0.3, -0.25) is 4.79 Å². The van der Waals surface area contributed by atoms with Crippen LogP contribution in [0.3, 0.4) is 0 Å². The molecule has 0 spiro atoms. The molecule has 0 aliphatic rings. The van der Waals surface area contributed by atoms with Gasteiger partial charge in [0.25, 0.3) is 0 Å². The Morgan fingerprint density at radius 2 is 2.11 bits per heavy atom. The van der Waals surface area contributed by atoms with Gasteiger partial charge in [0, 0.05) is 0 Å². The van der Waals surface area contributed by atoms with E-state index in [-0.39, 0.29) is 12.2 Å². The van der Waals surface area contributed by atoms with Crippen molar-refractivity contribution in [3.63, 3.8) is 0 Å². The molecule has 5 N–H and O–H groups in total. The summed E-state index contributed by atoms with van der Waals surface area (Å²) < 4.78 is 11.8. The average Bonchev–Trinajstić information content (AvgIpc) is 2.43. The van der Waals surface area contributed by atoms with Crippen molar-refractivity contribution in [2.24, 2.45) is 11.6 Å². The van der Waals surface area contributed by atoms with Crippen molar-refractivity contribution in [3.05, 3.63) is 0 Å². The second kappa shape index (κ2) is 8.15. The van der Waals surface area contributed by atoms with E-state index < -0.39 is 36.9 Å². The third-order valence-corrected chi connectivity index (χ3v) is 2.75. The van der Waals surface area contributed by atoms with Gasteiger partial charge >= 0.3 is 5.97 Å². The Balaban J connectivity index is 4.31. The maximum atomic E-state index is 11.6. The van der Waals surface area contributed by atoms with E-state index in [0.717, 1.165) is 0 Å². The summed E-state index contributed by atoms with van der Waals surface area (Å²) in [7, 11) is 0. The molecule has 7 heteroatoms. The van der Waals surface area contributed by atoms with Crippen LogP contribution in [0.1, 0.15) is 20.3 Å². The van der Waals surface area contributed by atoms with Crippen LogP contribution >= 0.6 is 0 Å². The molecule has 18 heavy (non-hydrogen) atoms. The Morgan fingerprint density at radius 1 is 1.50 bits per heavy atom. The molecule has 0 aromatic rings. The maximum Gasteiger partial charge on any atom is 0.323 e. The van der Waals surface area contributed by atoms with Crippen LogP contribution in [-0.4, -0.2) is 58.5 Å². The first-order chi connectivity index (χ1) is 8.88. The van der Waals surface area contributed by atoms with Crippen LogP contribution in [0.25, 0.3) is 0 Å². The Kier molecular flexibility index (Phi) is 6.81. The third-order valence-electron chi connectivity index (χ3n) is 2.75. The van der Waals surface area contributed by atoms with Crippen LogP contribution in [0.4, 0.5) is 0 Å². The van der Waals surface area contributed by atoms with E-state index in [2.05, 4.69) is 5.73 Å². The van der Waals surface area contributed by atoms with Crippen LogP contribution in [0.15, 0.2) is 0 Å². The van der Waals surface area contributed by atoms with E-state index in [1.54, 1.807) is 6.92 Å². The number of aliphatic hydroxyl groups is 3. The van der Waals surface area contributed by atoms with Crippen molar-refractivity contribution in [1.82, 2.24) is 0 Å². The molecule has 0 fully saturated rings.